The Bertz CT molecular complexity index is 2090. The number of benzene rings is 1. The molecule has 270 valence electrons. The van der Waals surface area contributed by atoms with E-state index < -0.39 is 28.9 Å². The summed E-state index contributed by atoms with van der Waals surface area (Å²) >= 11 is 2.25. The van der Waals surface area contributed by atoms with Crippen molar-refractivity contribution in [2.45, 2.75) is 103 Å². The van der Waals surface area contributed by atoms with E-state index in [9.17, 15) is 14.9 Å². The van der Waals surface area contributed by atoms with E-state index >= 15 is 8.78 Å². The number of nitrogens with zero attached hydrogens (tertiary/aromatic N) is 6. The molecule has 3 aromatic heterocycles. The number of ether oxygens (including phenoxy) is 2. The van der Waals surface area contributed by atoms with Crippen molar-refractivity contribution < 1.29 is 27.8 Å². The molecule has 2 aliphatic heterocycles. The fourth-order valence-corrected chi connectivity index (χ4v) is 8.32. The molecule has 6 rings (SSSR count). The second-order valence-corrected chi connectivity index (χ2v) is 16.9. The number of anilines is 2. The maximum atomic E-state index is 17.1. The average Bonchev–Trinajstić information content (AvgIpc) is 3.53. The zero-order valence-corrected chi connectivity index (χ0v) is 31.6. The van der Waals surface area contributed by atoms with Crippen molar-refractivity contribution >= 4 is 67.1 Å². The monoisotopic (exact) mass is 737 g/mol. The van der Waals surface area contributed by atoms with Gasteiger partial charge < -0.3 is 19.3 Å². The van der Waals surface area contributed by atoms with Crippen molar-refractivity contribution in [2.75, 3.05) is 29.1 Å². The van der Waals surface area contributed by atoms with Crippen LogP contribution in [-0.2, 0) is 15.9 Å². The maximum Gasteiger partial charge on any atom is 0.412 e. The summed E-state index contributed by atoms with van der Waals surface area (Å²) in [6.07, 6.45) is 0.649. The number of aromatic nitrogens is 3. The quantitative estimate of drug-likeness (QED) is 0.157. The molecule has 0 aliphatic carbocycles. The van der Waals surface area contributed by atoms with E-state index in [1.54, 1.807) is 25.7 Å². The van der Waals surface area contributed by atoms with Crippen LogP contribution < -0.4 is 10.2 Å². The summed E-state index contributed by atoms with van der Waals surface area (Å²) in [5, 5.41) is 13.9. The van der Waals surface area contributed by atoms with Gasteiger partial charge in [-0.05, 0) is 85.6 Å². The van der Waals surface area contributed by atoms with Crippen LogP contribution in [0.3, 0.4) is 0 Å². The number of thiophene rings is 1. The zero-order valence-electron chi connectivity index (χ0n) is 29.9. The molecule has 2 atom stereocenters. The summed E-state index contributed by atoms with van der Waals surface area (Å²) in [5.41, 5.74) is -0.668. The van der Waals surface area contributed by atoms with Crippen LogP contribution >= 0.6 is 23.1 Å². The SMILES string of the molecule is CCSc1nc2c3c(nc(-c4ccc(F)c5sc(NC(=O)OC(C)(C)C)c(C#N)c45)c(F)c3n1)CCCN2[C@@H]1CCN(C(=O)OC(C)(C)C)[C@@H]1C. The van der Waals surface area contributed by atoms with Gasteiger partial charge in [0.1, 0.15) is 45.1 Å². The summed E-state index contributed by atoms with van der Waals surface area (Å²) < 4.78 is 43.6. The van der Waals surface area contributed by atoms with Gasteiger partial charge in [-0.1, -0.05) is 18.7 Å². The van der Waals surface area contributed by atoms with Crippen LogP contribution in [0.15, 0.2) is 17.3 Å². The molecule has 0 unspecified atom stereocenters. The minimum absolute atomic E-state index is 0.0240. The number of aryl methyl sites for hydroxylation is 1. The molecule has 1 fully saturated rings. The average molecular weight is 738 g/mol. The normalized spacial score (nSPS) is 17.8. The van der Waals surface area contributed by atoms with Crippen molar-refractivity contribution in [3.05, 3.63) is 35.0 Å². The molecule has 11 nitrogen and oxygen atoms in total. The van der Waals surface area contributed by atoms with Gasteiger partial charge in [-0.3, -0.25) is 5.32 Å². The summed E-state index contributed by atoms with van der Waals surface area (Å²) in [5.74, 6) is -0.141. The minimum atomic E-state index is -0.805. The van der Waals surface area contributed by atoms with Gasteiger partial charge in [0.15, 0.2) is 11.0 Å². The van der Waals surface area contributed by atoms with Gasteiger partial charge in [0.25, 0.3) is 0 Å². The predicted molar refractivity (Wildman–Crippen MR) is 196 cm³/mol. The summed E-state index contributed by atoms with van der Waals surface area (Å²) in [4.78, 5) is 44.2. The molecule has 15 heteroatoms. The lowest BCUT2D eigenvalue weighted by molar-refractivity contribution is 0.0232. The second-order valence-electron chi connectivity index (χ2n) is 14.6. The Labute approximate surface area is 303 Å². The van der Waals surface area contributed by atoms with E-state index in [1.807, 2.05) is 34.6 Å². The highest BCUT2D eigenvalue weighted by Crippen LogP contribution is 2.45. The summed E-state index contributed by atoms with van der Waals surface area (Å²) in [6, 6.07) is 4.38. The van der Waals surface area contributed by atoms with Gasteiger partial charge >= 0.3 is 12.2 Å². The van der Waals surface area contributed by atoms with Gasteiger partial charge in [-0.25, -0.2) is 33.3 Å². The number of halogens is 2. The number of nitrogens with one attached hydrogen (secondary N) is 1. The van der Waals surface area contributed by atoms with Crippen molar-refractivity contribution in [3.8, 4) is 17.3 Å². The van der Waals surface area contributed by atoms with Gasteiger partial charge in [-0.2, -0.15) is 5.26 Å². The van der Waals surface area contributed by atoms with Crippen LogP contribution in [0.2, 0.25) is 0 Å². The molecule has 0 radical (unpaired) electrons. The molecule has 2 aliphatic rings. The van der Waals surface area contributed by atoms with E-state index in [2.05, 4.69) is 16.3 Å². The number of thioether (sulfide) groups is 1. The van der Waals surface area contributed by atoms with Crippen LogP contribution in [0.25, 0.3) is 32.2 Å². The first-order valence-electron chi connectivity index (χ1n) is 17.0. The third kappa shape index (κ3) is 7.13. The third-order valence-corrected chi connectivity index (χ3v) is 10.5. The third-order valence-electron chi connectivity index (χ3n) is 8.69. The molecule has 0 bridgehead atoms. The fraction of sp³-hybridized carbons (Fsp3) is 0.500. The van der Waals surface area contributed by atoms with Gasteiger partial charge in [0, 0.05) is 24.0 Å². The molecular weight excluding hydrogens is 697 g/mol. The second kappa shape index (κ2) is 13.7. The molecule has 51 heavy (non-hydrogen) atoms. The standard InChI is InChI=1S/C36H41F2N7O4S2/c1-9-50-32-41-28-25-22(11-10-15-45(30(25)42-32)23-14-16-44(18(23)2)34(47)49-36(6,7)8)40-27(26(28)38)19-12-13-21(37)29-24(19)20(17-39)31(51-29)43-33(46)48-35(3,4)5/h12-13,18,23H,9-11,14-16H2,1-8H3,(H,43,46)/t18-,23-/m1/s1. The maximum absolute atomic E-state index is 17.1. The van der Waals surface area contributed by atoms with Crippen molar-refractivity contribution in [2.24, 2.45) is 0 Å². The van der Waals surface area contributed by atoms with Crippen LogP contribution in [0.4, 0.5) is 29.2 Å². The topological polar surface area (TPSA) is 134 Å². The Balaban J connectivity index is 1.49. The molecule has 5 heterocycles. The number of carbonyl (C=O) groups excluding carboxylic acids is 2. The Morgan fingerprint density at radius 3 is 2.47 bits per heavy atom. The van der Waals surface area contributed by atoms with Gasteiger partial charge in [-0.15, -0.1) is 11.3 Å². The zero-order chi connectivity index (χ0) is 37.0. The fourth-order valence-electron chi connectivity index (χ4n) is 6.69. The Hall–Kier alpha value is -4.29. The summed E-state index contributed by atoms with van der Waals surface area (Å²) in [6.45, 7) is 15.7. The van der Waals surface area contributed by atoms with Gasteiger partial charge in [0.05, 0.1) is 33.4 Å². The van der Waals surface area contributed by atoms with Gasteiger partial charge in [0.2, 0.25) is 0 Å². The first kappa shape index (κ1) is 36.5. The molecule has 1 aromatic carbocycles. The van der Waals surface area contributed by atoms with Crippen LogP contribution in [0, 0.1) is 23.0 Å². The van der Waals surface area contributed by atoms with E-state index in [4.69, 9.17) is 24.4 Å². The van der Waals surface area contributed by atoms with Crippen molar-refractivity contribution in [3.63, 3.8) is 0 Å². The number of hydrogen-bond donors (Lipinski definition) is 1. The summed E-state index contributed by atoms with van der Waals surface area (Å²) in [7, 11) is 0. The molecular formula is C36H41F2N7O4S2. The number of pyridine rings is 1. The number of hydrogen-bond acceptors (Lipinski definition) is 11. The van der Waals surface area contributed by atoms with E-state index in [0.717, 1.165) is 11.3 Å². The molecule has 1 saturated heterocycles. The van der Waals surface area contributed by atoms with Crippen LogP contribution in [0.5, 0.6) is 0 Å². The molecule has 2 amide bonds. The molecule has 0 spiro atoms. The van der Waals surface area contributed by atoms with Crippen LogP contribution in [0.1, 0.15) is 79.5 Å². The first-order chi connectivity index (χ1) is 24.0. The first-order valence-corrected chi connectivity index (χ1v) is 18.8. The van der Waals surface area contributed by atoms with Crippen LogP contribution in [-0.4, -0.2) is 74.2 Å². The number of likely N-dealkylation sites (tertiary alicyclic amines) is 1. The Kier molecular flexibility index (Phi) is 9.79. The van der Waals surface area contributed by atoms with Crippen molar-refractivity contribution in [1.29, 1.82) is 5.26 Å². The highest BCUT2D eigenvalue weighted by molar-refractivity contribution is 7.99. The number of rotatable bonds is 5. The number of carbonyl (C=O) groups is 2. The smallest absolute Gasteiger partial charge is 0.412 e. The lowest BCUT2D eigenvalue weighted by Gasteiger charge is -2.35. The number of amides is 2. The highest BCUT2D eigenvalue weighted by atomic mass is 32.2. The Morgan fingerprint density at radius 2 is 1.80 bits per heavy atom. The van der Waals surface area contributed by atoms with E-state index in [1.165, 1.54) is 23.9 Å². The Morgan fingerprint density at radius 1 is 1.08 bits per heavy atom. The van der Waals surface area contributed by atoms with E-state index in [0.29, 0.717) is 60.2 Å². The number of fused-ring (bicyclic) bond motifs is 1. The lowest BCUT2D eigenvalue weighted by atomic mass is 10.0. The van der Waals surface area contributed by atoms with E-state index in [-0.39, 0.29) is 55.6 Å². The van der Waals surface area contributed by atoms with Crippen molar-refractivity contribution in [1.82, 2.24) is 19.9 Å². The lowest BCUT2D eigenvalue weighted by Crippen LogP contribution is -2.47. The number of nitriles is 1. The predicted octanol–water partition coefficient (Wildman–Crippen LogP) is 8.67. The molecule has 4 aromatic rings. The molecule has 0 saturated carbocycles. The highest BCUT2D eigenvalue weighted by Gasteiger charge is 2.41. The molecule has 1 N–H and O–H groups in total. The minimum Gasteiger partial charge on any atom is -0.444 e. The largest absolute Gasteiger partial charge is 0.444 e.